The average molecular weight is 425 g/mol. The number of anilines is 2. The molecule has 4 rings (SSSR count). The summed E-state index contributed by atoms with van der Waals surface area (Å²) in [7, 11) is 3.17. The molecule has 164 valence electrons. The van der Waals surface area contributed by atoms with Crippen molar-refractivity contribution in [3.63, 3.8) is 0 Å². The van der Waals surface area contributed by atoms with Crippen molar-refractivity contribution in [3.05, 3.63) is 35.3 Å². The van der Waals surface area contributed by atoms with Crippen LogP contribution < -0.4 is 19.7 Å². The predicted molar refractivity (Wildman–Crippen MR) is 119 cm³/mol. The van der Waals surface area contributed by atoms with Crippen LogP contribution in [0.25, 0.3) is 11.1 Å². The van der Waals surface area contributed by atoms with Crippen molar-refractivity contribution in [2.45, 2.75) is 33.6 Å². The highest BCUT2D eigenvalue weighted by atomic mass is 16.5. The second kappa shape index (κ2) is 8.45. The maximum absolute atomic E-state index is 13.1. The van der Waals surface area contributed by atoms with Crippen molar-refractivity contribution >= 4 is 28.5 Å². The van der Waals surface area contributed by atoms with E-state index in [2.05, 4.69) is 15.2 Å². The number of methoxy groups -OCH3 is 2. The van der Waals surface area contributed by atoms with Gasteiger partial charge in [-0.05, 0) is 45.7 Å². The Hall–Kier alpha value is -3.29. The first-order valence-electron chi connectivity index (χ1n) is 10.4. The van der Waals surface area contributed by atoms with Crippen LogP contribution >= 0.6 is 0 Å². The van der Waals surface area contributed by atoms with Crippen LogP contribution in [-0.2, 0) is 4.79 Å². The second-order valence-electron chi connectivity index (χ2n) is 7.90. The van der Waals surface area contributed by atoms with E-state index in [1.54, 1.807) is 32.4 Å². The van der Waals surface area contributed by atoms with E-state index in [-0.39, 0.29) is 11.8 Å². The number of aromatic nitrogens is 2. The molecule has 3 aromatic rings. The average Bonchev–Trinajstić information content (AvgIpc) is 3.06. The number of ether oxygens (including phenoxy) is 2. The van der Waals surface area contributed by atoms with E-state index >= 15 is 0 Å². The molecule has 1 aliphatic rings. The number of aryl methyl sites for hydroxylation is 3. The minimum Gasteiger partial charge on any atom is -0.497 e. The van der Waals surface area contributed by atoms with Crippen molar-refractivity contribution in [1.29, 1.82) is 0 Å². The smallest absolute Gasteiger partial charge is 0.231 e. The number of nitrogens with zero attached hydrogens (tertiary/aromatic N) is 3. The highest BCUT2D eigenvalue weighted by molar-refractivity contribution is 5.95. The number of piperidine rings is 1. The standard InChI is InChI=1S/C23H28N4O4/c1-13-14(2)31-23-20(13)21(24-15(3)25-23)27-10-6-7-16(12-27)22(28)26-18-9-8-17(29-4)11-19(18)30-5/h8-9,11,16H,6-7,10,12H2,1-5H3,(H,26,28). The SMILES string of the molecule is COc1ccc(NC(=O)C2CCCN(c3nc(C)nc4oc(C)c(C)c34)C2)c(OC)c1. The molecule has 1 atom stereocenters. The summed E-state index contributed by atoms with van der Waals surface area (Å²) in [5.74, 6) is 3.39. The Bertz CT molecular complexity index is 1120. The van der Waals surface area contributed by atoms with Crippen molar-refractivity contribution in [2.75, 3.05) is 37.5 Å². The Labute approximate surface area is 181 Å². The van der Waals surface area contributed by atoms with E-state index in [0.717, 1.165) is 41.9 Å². The van der Waals surface area contributed by atoms with E-state index in [4.69, 9.17) is 18.9 Å². The van der Waals surface area contributed by atoms with Crippen LogP contribution in [0.2, 0.25) is 0 Å². The van der Waals surface area contributed by atoms with Gasteiger partial charge in [-0.3, -0.25) is 4.79 Å². The molecule has 0 aliphatic carbocycles. The number of benzene rings is 1. The number of hydrogen-bond donors (Lipinski definition) is 1. The molecule has 1 fully saturated rings. The molecular weight excluding hydrogens is 396 g/mol. The van der Waals surface area contributed by atoms with Gasteiger partial charge in [-0.25, -0.2) is 4.98 Å². The van der Waals surface area contributed by atoms with E-state index in [1.165, 1.54) is 0 Å². The molecule has 2 aromatic heterocycles. The summed E-state index contributed by atoms with van der Waals surface area (Å²) in [5, 5.41) is 3.95. The zero-order valence-corrected chi connectivity index (χ0v) is 18.6. The van der Waals surface area contributed by atoms with Gasteiger partial charge in [0.15, 0.2) is 0 Å². The van der Waals surface area contributed by atoms with Crippen molar-refractivity contribution < 1.29 is 18.7 Å². The number of hydrogen-bond acceptors (Lipinski definition) is 7. The number of amides is 1. The molecule has 31 heavy (non-hydrogen) atoms. The Morgan fingerprint density at radius 3 is 2.74 bits per heavy atom. The lowest BCUT2D eigenvalue weighted by molar-refractivity contribution is -0.120. The van der Waals surface area contributed by atoms with Gasteiger partial charge in [-0.2, -0.15) is 4.98 Å². The number of carbonyl (C=O) groups is 1. The third-order valence-electron chi connectivity index (χ3n) is 5.88. The zero-order chi connectivity index (χ0) is 22.1. The number of furan rings is 1. The molecule has 8 heteroatoms. The van der Waals surface area contributed by atoms with Crippen LogP contribution in [0.5, 0.6) is 11.5 Å². The molecule has 1 N–H and O–H groups in total. The highest BCUT2D eigenvalue weighted by Gasteiger charge is 2.29. The maximum Gasteiger partial charge on any atom is 0.231 e. The number of nitrogens with one attached hydrogen (secondary N) is 1. The summed E-state index contributed by atoms with van der Waals surface area (Å²) < 4.78 is 16.5. The molecule has 1 unspecified atom stereocenters. The fourth-order valence-electron chi connectivity index (χ4n) is 4.08. The van der Waals surface area contributed by atoms with Crippen LogP contribution in [0.4, 0.5) is 11.5 Å². The molecule has 8 nitrogen and oxygen atoms in total. The zero-order valence-electron chi connectivity index (χ0n) is 18.6. The fraction of sp³-hybridized carbons (Fsp3) is 0.435. The van der Waals surface area contributed by atoms with Crippen molar-refractivity contribution in [2.24, 2.45) is 5.92 Å². The lowest BCUT2D eigenvalue weighted by Gasteiger charge is -2.33. The largest absolute Gasteiger partial charge is 0.497 e. The Balaban J connectivity index is 1.57. The molecule has 1 aliphatic heterocycles. The summed E-state index contributed by atoms with van der Waals surface area (Å²) in [4.78, 5) is 24.4. The lowest BCUT2D eigenvalue weighted by atomic mass is 9.96. The lowest BCUT2D eigenvalue weighted by Crippen LogP contribution is -2.41. The fourth-order valence-corrected chi connectivity index (χ4v) is 4.08. The molecular formula is C23H28N4O4. The minimum absolute atomic E-state index is 0.0321. The monoisotopic (exact) mass is 424 g/mol. The molecule has 1 amide bonds. The first kappa shape index (κ1) is 21.0. The van der Waals surface area contributed by atoms with Crippen molar-refractivity contribution in [3.8, 4) is 11.5 Å². The van der Waals surface area contributed by atoms with Crippen LogP contribution in [0.15, 0.2) is 22.6 Å². The van der Waals surface area contributed by atoms with Crippen LogP contribution in [-0.4, -0.2) is 43.2 Å². The normalized spacial score (nSPS) is 16.4. The third kappa shape index (κ3) is 4.02. The van der Waals surface area contributed by atoms with E-state index < -0.39 is 0 Å². The molecule has 3 heterocycles. The van der Waals surface area contributed by atoms with Gasteiger partial charge in [0.25, 0.3) is 0 Å². The summed E-state index contributed by atoms with van der Waals surface area (Å²) in [6, 6.07) is 5.36. The van der Waals surface area contributed by atoms with Crippen LogP contribution in [0.3, 0.4) is 0 Å². The van der Waals surface area contributed by atoms with Crippen LogP contribution in [0.1, 0.15) is 30.0 Å². The maximum atomic E-state index is 13.1. The van der Waals surface area contributed by atoms with Crippen molar-refractivity contribution in [1.82, 2.24) is 9.97 Å². The molecule has 0 spiro atoms. The Morgan fingerprint density at radius 1 is 1.19 bits per heavy atom. The van der Waals surface area contributed by atoms with Gasteiger partial charge in [-0.1, -0.05) is 0 Å². The van der Waals surface area contributed by atoms with E-state index in [1.807, 2.05) is 20.8 Å². The summed E-state index contributed by atoms with van der Waals surface area (Å²) in [6.45, 7) is 7.24. The molecule has 0 radical (unpaired) electrons. The molecule has 0 bridgehead atoms. The first-order chi connectivity index (χ1) is 14.9. The molecule has 1 aromatic carbocycles. The highest BCUT2D eigenvalue weighted by Crippen LogP contribution is 2.34. The van der Waals surface area contributed by atoms with E-state index in [9.17, 15) is 4.79 Å². The second-order valence-corrected chi connectivity index (χ2v) is 7.90. The number of carbonyl (C=O) groups excluding carboxylic acids is 1. The topological polar surface area (TPSA) is 89.7 Å². The number of fused-ring (bicyclic) bond motifs is 1. The first-order valence-corrected chi connectivity index (χ1v) is 10.4. The van der Waals surface area contributed by atoms with Gasteiger partial charge in [-0.15, -0.1) is 0 Å². The summed E-state index contributed by atoms with van der Waals surface area (Å²) >= 11 is 0. The number of rotatable bonds is 5. The third-order valence-corrected chi connectivity index (χ3v) is 5.88. The van der Waals surface area contributed by atoms with E-state index in [0.29, 0.717) is 35.3 Å². The van der Waals surface area contributed by atoms with Gasteiger partial charge < -0.3 is 24.1 Å². The summed E-state index contributed by atoms with van der Waals surface area (Å²) in [6.07, 6.45) is 1.72. The Morgan fingerprint density at radius 2 is 2.00 bits per heavy atom. The van der Waals surface area contributed by atoms with Gasteiger partial charge in [0.05, 0.1) is 31.2 Å². The Kier molecular flexibility index (Phi) is 5.71. The van der Waals surface area contributed by atoms with Crippen LogP contribution in [0, 0.1) is 26.7 Å². The quantitative estimate of drug-likeness (QED) is 0.662. The predicted octanol–water partition coefficient (Wildman–Crippen LogP) is 4.02. The van der Waals surface area contributed by atoms with Gasteiger partial charge in [0, 0.05) is 24.7 Å². The summed E-state index contributed by atoms with van der Waals surface area (Å²) in [5.41, 5.74) is 2.28. The van der Waals surface area contributed by atoms with Gasteiger partial charge in [0.2, 0.25) is 11.6 Å². The van der Waals surface area contributed by atoms with Gasteiger partial charge >= 0.3 is 0 Å². The molecule has 0 saturated carbocycles. The minimum atomic E-state index is -0.167. The molecule has 1 saturated heterocycles. The van der Waals surface area contributed by atoms with Gasteiger partial charge in [0.1, 0.15) is 28.9 Å².